The summed E-state index contributed by atoms with van der Waals surface area (Å²) < 4.78 is 11.1. The molecule has 2 aromatic rings. The Morgan fingerprint density at radius 2 is 1.53 bits per heavy atom. The highest BCUT2D eigenvalue weighted by atomic mass is 16.6. The number of rotatable bonds is 12. The van der Waals surface area contributed by atoms with Gasteiger partial charge in [-0.1, -0.05) is 62.7 Å². The Kier molecular flexibility index (Phi) is 11.6. The molecule has 10 heteroatoms. The number of carbonyl (C=O) groups excluding carboxylic acids is 4. The molecule has 0 radical (unpaired) electrons. The highest BCUT2D eigenvalue weighted by Crippen LogP contribution is 2.37. The van der Waals surface area contributed by atoms with Gasteiger partial charge in [-0.3, -0.25) is 9.59 Å². The third-order valence-corrected chi connectivity index (χ3v) is 7.35. The van der Waals surface area contributed by atoms with E-state index in [1.54, 1.807) is 53.7 Å². The minimum absolute atomic E-state index is 0.0770. The first-order valence-electron chi connectivity index (χ1n) is 15.7. The minimum Gasteiger partial charge on any atom is -0.508 e. The Labute approximate surface area is 266 Å². The van der Waals surface area contributed by atoms with Crippen LogP contribution in [0.4, 0.5) is 4.79 Å². The lowest BCUT2D eigenvalue weighted by molar-refractivity contribution is -0.159. The third kappa shape index (κ3) is 10.8. The first-order valence-corrected chi connectivity index (χ1v) is 15.7. The fraction of sp³-hybridized carbons (Fsp3) is 0.543. The number of hydrogen-bond acceptors (Lipinski definition) is 7. The molecule has 1 aliphatic rings. The predicted molar refractivity (Wildman–Crippen MR) is 171 cm³/mol. The average Bonchev–Trinajstić information content (AvgIpc) is 3.77. The lowest BCUT2D eigenvalue weighted by Gasteiger charge is -2.37. The number of hydrogen-bond donors (Lipinski definition) is 3. The molecule has 0 aromatic heterocycles. The van der Waals surface area contributed by atoms with Gasteiger partial charge in [0.05, 0.1) is 0 Å². The molecule has 1 fully saturated rings. The summed E-state index contributed by atoms with van der Waals surface area (Å²) in [5.41, 5.74) is -0.386. The molecule has 1 aliphatic carbocycles. The molecule has 10 nitrogen and oxygen atoms in total. The number of benzene rings is 2. The first kappa shape index (κ1) is 35.4. The number of nitrogens with one attached hydrogen (secondary N) is 2. The van der Waals surface area contributed by atoms with Gasteiger partial charge < -0.3 is 30.1 Å². The zero-order valence-electron chi connectivity index (χ0n) is 27.8. The molecule has 0 heterocycles. The third-order valence-electron chi connectivity index (χ3n) is 7.35. The van der Waals surface area contributed by atoms with Gasteiger partial charge in [0.1, 0.15) is 35.1 Å². The maximum absolute atomic E-state index is 14.5. The second-order valence-electron chi connectivity index (χ2n) is 13.8. The molecule has 3 N–H and O–H groups in total. The van der Waals surface area contributed by atoms with Crippen molar-refractivity contribution < 1.29 is 33.8 Å². The highest BCUT2D eigenvalue weighted by molar-refractivity contribution is 5.94. The molecule has 246 valence electrons. The number of ether oxygens (including phenoxy) is 2. The van der Waals surface area contributed by atoms with Crippen LogP contribution in [0.25, 0.3) is 0 Å². The normalized spacial score (nSPS) is 16.0. The monoisotopic (exact) mass is 623 g/mol. The summed E-state index contributed by atoms with van der Waals surface area (Å²) in [5, 5.41) is 16.0. The molecule has 3 amide bonds. The van der Waals surface area contributed by atoms with Crippen LogP contribution < -0.4 is 10.6 Å². The van der Waals surface area contributed by atoms with Crippen LogP contribution in [-0.2, 0) is 30.3 Å². The summed E-state index contributed by atoms with van der Waals surface area (Å²) in [6.07, 6.45) is 1.33. The molecule has 4 atom stereocenters. The van der Waals surface area contributed by atoms with Crippen LogP contribution >= 0.6 is 0 Å². The van der Waals surface area contributed by atoms with E-state index in [-0.39, 0.29) is 24.1 Å². The van der Waals surface area contributed by atoms with Crippen molar-refractivity contribution in [3.05, 3.63) is 65.7 Å². The molecule has 0 saturated heterocycles. The molecule has 4 unspecified atom stereocenters. The zero-order chi connectivity index (χ0) is 33.5. The molecule has 45 heavy (non-hydrogen) atoms. The lowest BCUT2D eigenvalue weighted by atomic mass is 9.95. The predicted octanol–water partition coefficient (Wildman–Crippen LogP) is 5.43. The van der Waals surface area contributed by atoms with E-state index in [0.717, 1.165) is 5.56 Å². The van der Waals surface area contributed by atoms with Gasteiger partial charge in [0.25, 0.3) is 0 Å². The fourth-order valence-electron chi connectivity index (χ4n) is 4.95. The second kappa shape index (κ2) is 14.8. The number of phenols is 1. The number of aromatic hydroxyl groups is 1. The molecule has 1 saturated carbocycles. The van der Waals surface area contributed by atoms with Crippen LogP contribution in [0.3, 0.4) is 0 Å². The smallest absolute Gasteiger partial charge is 0.408 e. The van der Waals surface area contributed by atoms with E-state index in [2.05, 4.69) is 10.6 Å². The average molecular weight is 624 g/mol. The van der Waals surface area contributed by atoms with E-state index in [4.69, 9.17) is 9.47 Å². The van der Waals surface area contributed by atoms with Gasteiger partial charge in [-0.05, 0) is 83.6 Å². The SMILES string of the molecule is CCC(C)C(NC(=O)OC(C)(C)C)C(=O)N(C1CC1)C(C(=O)NC(Cc1ccccc1)C(=O)OC(C)(C)C)c1cccc(O)c1. The molecule has 2 aromatic carbocycles. The molecular weight excluding hydrogens is 574 g/mol. The van der Waals surface area contributed by atoms with Crippen LogP contribution in [0, 0.1) is 5.92 Å². The minimum atomic E-state index is -1.20. The quantitative estimate of drug-likeness (QED) is 0.268. The van der Waals surface area contributed by atoms with E-state index in [9.17, 15) is 24.3 Å². The van der Waals surface area contributed by atoms with Crippen LogP contribution in [-0.4, -0.2) is 63.2 Å². The standard InChI is InChI=1S/C35H49N3O7/c1-9-22(2)28(37-33(43)45-35(6,7)8)31(41)38(25-18-19-25)29(24-16-13-17-26(39)21-24)30(40)36-27(32(42)44-34(3,4)5)20-23-14-11-10-12-15-23/h10-17,21-22,25,27-29,39H,9,18-20H2,1-8H3,(H,36,40)(H,37,43). The molecular formula is C35H49N3O7. The topological polar surface area (TPSA) is 134 Å². The Balaban J connectivity index is 2.04. The van der Waals surface area contributed by atoms with Crippen molar-refractivity contribution in [3.63, 3.8) is 0 Å². The number of alkyl carbamates (subject to hydrolysis) is 1. The Bertz CT molecular complexity index is 1330. The number of esters is 1. The van der Waals surface area contributed by atoms with Crippen molar-refractivity contribution in [1.29, 1.82) is 0 Å². The van der Waals surface area contributed by atoms with Gasteiger partial charge in [-0.2, -0.15) is 0 Å². The first-order chi connectivity index (χ1) is 21.0. The summed E-state index contributed by atoms with van der Waals surface area (Å²) >= 11 is 0. The van der Waals surface area contributed by atoms with Gasteiger partial charge >= 0.3 is 12.1 Å². The summed E-state index contributed by atoms with van der Waals surface area (Å²) in [6.45, 7) is 14.2. The van der Waals surface area contributed by atoms with Crippen molar-refractivity contribution in [2.75, 3.05) is 0 Å². The van der Waals surface area contributed by atoms with Crippen molar-refractivity contribution in [2.24, 2.45) is 5.92 Å². The van der Waals surface area contributed by atoms with Crippen molar-refractivity contribution >= 4 is 23.9 Å². The van der Waals surface area contributed by atoms with E-state index in [1.165, 1.54) is 17.0 Å². The van der Waals surface area contributed by atoms with E-state index >= 15 is 0 Å². The largest absolute Gasteiger partial charge is 0.508 e. The number of amides is 3. The second-order valence-corrected chi connectivity index (χ2v) is 13.8. The number of carbonyl (C=O) groups is 4. The van der Waals surface area contributed by atoms with Gasteiger partial charge in [-0.25, -0.2) is 9.59 Å². The lowest BCUT2D eigenvalue weighted by Crippen LogP contribution is -2.57. The van der Waals surface area contributed by atoms with Crippen molar-refractivity contribution in [1.82, 2.24) is 15.5 Å². The Morgan fingerprint density at radius 3 is 2.07 bits per heavy atom. The number of phenolic OH excluding ortho intramolecular Hbond substituents is 1. The number of nitrogens with zero attached hydrogens (tertiary/aromatic N) is 1. The van der Waals surface area contributed by atoms with Crippen LogP contribution in [0.5, 0.6) is 5.75 Å². The fourth-order valence-corrected chi connectivity index (χ4v) is 4.95. The Morgan fingerprint density at radius 1 is 0.911 bits per heavy atom. The van der Waals surface area contributed by atoms with Crippen LogP contribution in [0.1, 0.15) is 91.8 Å². The van der Waals surface area contributed by atoms with Crippen molar-refractivity contribution in [2.45, 2.75) is 116 Å². The zero-order valence-corrected chi connectivity index (χ0v) is 27.8. The van der Waals surface area contributed by atoms with Gasteiger partial charge in [0, 0.05) is 12.5 Å². The Hall–Kier alpha value is -4.08. The van der Waals surface area contributed by atoms with Crippen LogP contribution in [0.2, 0.25) is 0 Å². The van der Waals surface area contributed by atoms with E-state index in [0.29, 0.717) is 24.8 Å². The van der Waals surface area contributed by atoms with Crippen molar-refractivity contribution in [3.8, 4) is 5.75 Å². The molecule has 0 bridgehead atoms. The molecule has 0 spiro atoms. The van der Waals surface area contributed by atoms with Gasteiger partial charge in [0.2, 0.25) is 11.8 Å². The van der Waals surface area contributed by atoms with Gasteiger partial charge in [-0.15, -0.1) is 0 Å². The summed E-state index contributed by atoms with van der Waals surface area (Å²) in [6, 6.07) is 11.9. The maximum atomic E-state index is 14.5. The maximum Gasteiger partial charge on any atom is 0.408 e. The van der Waals surface area contributed by atoms with E-state index in [1.807, 2.05) is 44.2 Å². The molecule has 0 aliphatic heterocycles. The summed E-state index contributed by atoms with van der Waals surface area (Å²) in [5.74, 6) is -2.02. The highest BCUT2D eigenvalue weighted by Gasteiger charge is 2.46. The summed E-state index contributed by atoms with van der Waals surface area (Å²) in [7, 11) is 0. The van der Waals surface area contributed by atoms with E-state index < -0.39 is 53.2 Å². The van der Waals surface area contributed by atoms with Crippen LogP contribution in [0.15, 0.2) is 54.6 Å². The van der Waals surface area contributed by atoms with Gasteiger partial charge in [0.15, 0.2) is 0 Å². The molecule has 3 rings (SSSR count). The summed E-state index contributed by atoms with van der Waals surface area (Å²) in [4.78, 5) is 56.6.